The van der Waals surface area contributed by atoms with Gasteiger partial charge in [0.25, 0.3) is 0 Å². The number of nitrogens with zero attached hydrogens (tertiary/aromatic N) is 1. The highest BCUT2D eigenvalue weighted by Crippen LogP contribution is 2.06. The monoisotopic (exact) mass is 302 g/mol. The Kier molecular flexibility index (Phi) is 11.3. The Hall–Kier alpha value is -0.850. The lowest BCUT2D eigenvalue weighted by Crippen LogP contribution is -2.34. The molecule has 0 aromatic rings. The van der Waals surface area contributed by atoms with Crippen LogP contribution in [0, 0.1) is 0 Å². The van der Waals surface area contributed by atoms with Gasteiger partial charge in [-0.05, 0) is 40.2 Å². The molecule has 0 heterocycles. The van der Waals surface area contributed by atoms with Crippen molar-refractivity contribution in [2.75, 3.05) is 39.3 Å². The molecule has 0 fully saturated rings. The molecule has 6 nitrogen and oxygen atoms in total. The molecule has 0 aliphatic rings. The van der Waals surface area contributed by atoms with E-state index in [1.165, 1.54) is 0 Å². The maximum atomic E-state index is 11.4. The Morgan fingerprint density at radius 3 is 2.10 bits per heavy atom. The Labute approximate surface area is 129 Å². The highest BCUT2D eigenvalue weighted by Gasteiger charge is 2.15. The smallest absolute Gasteiger partial charge is 0.407 e. The minimum Gasteiger partial charge on any atom is -0.444 e. The second kappa shape index (κ2) is 11.8. The Bertz CT molecular complexity index is 261. The average molecular weight is 302 g/mol. The maximum absolute atomic E-state index is 11.4. The van der Waals surface area contributed by atoms with Gasteiger partial charge in [0.1, 0.15) is 5.60 Å². The number of carbonyl (C=O) groups is 1. The van der Waals surface area contributed by atoms with Crippen LogP contribution in [0.5, 0.6) is 0 Å². The third kappa shape index (κ3) is 13.9. The molecule has 0 unspecified atom stereocenters. The van der Waals surface area contributed by atoms with Crippen LogP contribution in [-0.2, 0) is 4.74 Å². The van der Waals surface area contributed by atoms with Crippen molar-refractivity contribution in [1.82, 2.24) is 10.2 Å². The lowest BCUT2D eigenvalue weighted by molar-refractivity contribution is 0.0527. The first-order chi connectivity index (χ1) is 9.89. The first-order valence-electron chi connectivity index (χ1n) is 7.98. The van der Waals surface area contributed by atoms with Gasteiger partial charge in [0.2, 0.25) is 0 Å². The van der Waals surface area contributed by atoms with Crippen molar-refractivity contribution in [2.45, 2.75) is 52.1 Å². The number of amides is 1. The quantitative estimate of drug-likeness (QED) is 0.500. The van der Waals surface area contributed by atoms with Gasteiger partial charge in [0.05, 0.1) is 0 Å². The van der Waals surface area contributed by atoms with Gasteiger partial charge < -0.3 is 26.4 Å². The zero-order chi connectivity index (χ0) is 16.1. The second-order valence-electron chi connectivity index (χ2n) is 6.26. The van der Waals surface area contributed by atoms with Crippen LogP contribution in [0.25, 0.3) is 0 Å². The number of unbranched alkanes of at least 4 members (excludes halogenated alkanes) is 3. The van der Waals surface area contributed by atoms with E-state index in [0.717, 1.165) is 45.3 Å². The van der Waals surface area contributed by atoms with Crippen molar-refractivity contribution in [3.63, 3.8) is 0 Å². The largest absolute Gasteiger partial charge is 0.444 e. The fourth-order valence-electron chi connectivity index (χ4n) is 2.02. The third-order valence-electron chi connectivity index (χ3n) is 2.96. The highest BCUT2D eigenvalue weighted by atomic mass is 16.6. The standard InChI is InChI=1S/C15H34N4O2/c1-15(2,3)21-14(20)18-10-6-4-5-7-11-19(12-8-16)13-9-17/h4-13,16-17H2,1-3H3,(H,18,20). The first kappa shape index (κ1) is 20.1. The number of rotatable bonds is 11. The zero-order valence-corrected chi connectivity index (χ0v) is 14.0. The van der Waals surface area contributed by atoms with Gasteiger partial charge >= 0.3 is 6.09 Å². The molecule has 0 aromatic carbocycles. The van der Waals surface area contributed by atoms with Gasteiger partial charge in [-0.15, -0.1) is 0 Å². The maximum Gasteiger partial charge on any atom is 0.407 e. The van der Waals surface area contributed by atoms with Gasteiger partial charge in [0.15, 0.2) is 0 Å². The van der Waals surface area contributed by atoms with Crippen molar-refractivity contribution in [2.24, 2.45) is 11.5 Å². The Morgan fingerprint density at radius 1 is 1.00 bits per heavy atom. The van der Waals surface area contributed by atoms with Crippen LogP contribution in [0.3, 0.4) is 0 Å². The van der Waals surface area contributed by atoms with Crippen LogP contribution in [0.15, 0.2) is 0 Å². The van der Waals surface area contributed by atoms with Gasteiger partial charge in [-0.1, -0.05) is 12.8 Å². The van der Waals surface area contributed by atoms with Crippen molar-refractivity contribution < 1.29 is 9.53 Å². The van der Waals surface area contributed by atoms with Crippen molar-refractivity contribution >= 4 is 6.09 Å². The number of ether oxygens (including phenoxy) is 1. The van der Waals surface area contributed by atoms with Crippen LogP contribution in [0.4, 0.5) is 4.79 Å². The number of hydrogen-bond acceptors (Lipinski definition) is 5. The molecule has 0 spiro atoms. The molecular formula is C15H34N4O2. The molecule has 5 N–H and O–H groups in total. The number of nitrogens with two attached hydrogens (primary N) is 2. The lowest BCUT2D eigenvalue weighted by atomic mass is 10.2. The molecule has 126 valence electrons. The van der Waals surface area contributed by atoms with Crippen LogP contribution in [0.2, 0.25) is 0 Å². The molecule has 0 aliphatic carbocycles. The number of carbonyl (C=O) groups excluding carboxylic acids is 1. The average Bonchev–Trinajstić information content (AvgIpc) is 2.36. The van der Waals surface area contributed by atoms with Gasteiger partial charge in [0, 0.05) is 32.7 Å². The zero-order valence-electron chi connectivity index (χ0n) is 14.0. The van der Waals surface area contributed by atoms with Gasteiger partial charge in [-0.25, -0.2) is 4.79 Å². The molecule has 0 rings (SSSR count). The summed E-state index contributed by atoms with van der Waals surface area (Å²) in [5.74, 6) is 0. The predicted molar refractivity (Wildman–Crippen MR) is 87.3 cm³/mol. The lowest BCUT2D eigenvalue weighted by Gasteiger charge is -2.20. The van der Waals surface area contributed by atoms with E-state index < -0.39 is 5.60 Å². The van der Waals surface area contributed by atoms with E-state index in [9.17, 15) is 4.79 Å². The van der Waals surface area contributed by atoms with Crippen LogP contribution in [-0.4, -0.2) is 55.9 Å². The SMILES string of the molecule is CC(C)(C)OC(=O)NCCCCCCN(CCN)CCN. The van der Waals surface area contributed by atoms with Crippen LogP contribution < -0.4 is 16.8 Å². The predicted octanol–water partition coefficient (Wildman–Crippen LogP) is 1.29. The summed E-state index contributed by atoms with van der Waals surface area (Å²) in [6.45, 7) is 10.5. The minimum atomic E-state index is -0.431. The number of nitrogens with one attached hydrogen (secondary N) is 1. The number of hydrogen-bond donors (Lipinski definition) is 3. The van der Waals surface area contributed by atoms with E-state index in [1.54, 1.807) is 0 Å². The molecule has 0 radical (unpaired) electrons. The third-order valence-corrected chi connectivity index (χ3v) is 2.96. The summed E-state index contributed by atoms with van der Waals surface area (Å²) in [4.78, 5) is 13.7. The highest BCUT2D eigenvalue weighted by molar-refractivity contribution is 5.67. The summed E-state index contributed by atoms with van der Waals surface area (Å²) in [7, 11) is 0. The summed E-state index contributed by atoms with van der Waals surface area (Å²) in [6.07, 6.45) is 4.05. The molecular weight excluding hydrogens is 268 g/mol. The first-order valence-corrected chi connectivity index (χ1v) is 7.98. The Balaban J connectivity index is 3.49. The summed E-state index contributed by atoms with van der Waals surface area (Å²) < 4.78 is 5.17. The molecule has 0 bridgehead atoms. The summed E-state index contributed by atoms with van der Waals surface area (Å²) in [5, 5.41) is 2.77. The molecule has 6 heteroatoms. The summed E-state index contributed by atoms with van der Waals surface area (Å²) in [5.41, 5.74) is 10.7. The Morgan fingerprint density at radius 2 is 1.57 bits per heavy atom. The molecule has 21 heavy (non-hydrogen) atoms. The van der Waals surface area contributed by atoms with E-state index >= 15 is 0 Å². The molecule has 0 atom stereocenters. The van der Waals surface area contributed by atoms with Crippen molar-refractivity contribution in [1.29, 1.82) is 0 Å². The fraction of sp³-hybridized carbons (Fsp3) is 0.933. The fourth-order valence-corrected chi connectivity index (χ4v) is 2.02. The van der Waals surface area contributed by atoms with Crippen molar-refractivity contribution in [3.8, 4) is 0 Å². The summed E-state index contributed by atoms with van der Waals surface area (Å²) in [6, 6.07) is 0. The second-order valence-corrected chi connectivity index (χ2v) is 6.26. The van der Waals surface area contributed by atoms with Crippen LogP contribution in [0.1, 0.15) is 46.5 Å². The molecule has 0 aromatic heterocycles. The molecule has 0 saturated carbocycles. The topological polar surface area (TPSA) is 93.6 Å². The van der Waals surface area contributed by atoms with Gasteiger partial charge in [-0.3, -0.25) is 0 Å². The van der Waals surface area contributed by atoms with E-state index in [1.807, 2.05) is 20.8 Å². The molecule has 1 amide bonds. The summed E-state index contributed by atoms with van der Waals surface area (Å²) >= 11 is 0. The molecule has 0 saturated heterocycles. The number of alkyl carbamates (subject to hydrolysis) is 1. The van der Waals surface area contributed by atoms with Crippen molar-refractivity contribution in [3.05, 3.63) is 0 Å². The van der Waals surface area contributed by atoms with E-state index in [2.05, 4.69) is 10.2 Å². The molecule has 0 aliphatic heterocycles. The van der Waals surface area contributed by atoms with Crippen LogP contribution >= 0.6 is 0 Å². The normalized spacial score (nSPS) is 11.7. The van der Waals surface area contributed by atoms with E-state index in [-0.39, 0.29) is 6.09 Å². The minimum absolute atomic E-state index is 0.334. The van der Waals surface area contributed by atoms with E-state index in [0.29, 0.717) is 19.6 Å². The van der Waals surface area contributed by atoms with Gasteiger partial charge in [-0.2, -0.15) is 0 Å². The van der Waals surface area contributed by atoms with E-state index in [4.69, 9.17) is 16.2 Å².